The second kappa shape index (κ2) is 5.99. The highest BCUT2D eigenvalue weighted by Crippen LogP contribution is 2.42. The first-order valence-electron chi connectivity index (χ1n) is 8.67. The molecule has 3 heterocycles. The zero-order valence-electron chi connectivity index (χ0n) is 14.3. The van der Waals surface area contributed by atoms with E-state index >= 15 is 0 Å². The number of carbonyl (C=O) groups is 2. The molecule has 2 aliphatic rings. The third-order valence-electron chi connectivity index (χ3n) is 5.41. The molecule has 2 amide bonds. The predicted octanol–water partition coefficient (Wildman–Crippen LogP) is 2.66. The van der Waals surface area contributed by atoms with Gasteiger partial charge in [-0.1, -0.05) is 17.7 Å². The Hall–Kier alpha value is -2.69. The van der Waals surface area contributed by atoms with Crippen molar-refractivity contribution >= 4 is 17.5 Å². The van der Waals surface area contributed by atoms with Crippen LogP contribution < -0.4 is 4.90 Å². The van der Waals surface area contributed by atoms with E-state index in [-0.39, 0.29) is 11.8 Å². The predicted molar refractivity (Wildman–Crippen MR) is 95.3 cm³/mol. The smallest absolute Gasteiger partial charge is 0.253 e. The molecule has 0 N–H and O–H groups in total. The van der Waals surface area contributed by atoms with Crippen LogP contribution in [0.1, 0.15) is 28.8 Å². The molecular weight excluding hydrogens is 314 g/mol. The Morgan fingerprint density at radius 1 is 1.12 bits per heavy atom. The number of aryl methyl sites for hydroxylation is 1. The fourth-order valence-corrected chi connectivity index (χ4v) is 3.88. The summed E-state index contributed by atoms with van der Waals surface area (Å²) in [6.07, 6.45) is 4.96. The number of carbonyl (C=O) groups excluding carboxylic acids is 2. The molecule has 4 rings (SSSR count). The van der Waals surface area contributed by atoms with Gasteiger partial charge in [0.05, 0.1) is 17.3 Å². The Morgan fingerprint density at radius 3 is 2.60 bits per heavy atom. The second-order valence-corrected chi connectivity index (χ2v) is 7.04. The lowest BCUT2D eigenvalue weighted by molar-refractivity contribution is -0.124. The first-order chi connectivity index (χ1) is 12.1. The summed E-state index contributed by atoms with van der Waals surface area (Å²) in [5, 5.41) is 0. The van der Waals surface area contributed by atoms with E-state index in [1.54, 1.807) is 12.4 Å². The van der Waals surface area contributed by atoms with Crippen molar-refractivity contribution in [3.63, 3.8) is 0 Å². The lowest BCUT2D eigenvalue weighted by Gasteiger charge is -2.23. The van der Waals surface area contributed by atoms with Gasteiger partial charge in [0.15, 0.2) is 0 Å². The van der Waals surface area contributed by atoms with Crippen molar-refractivity contribution in [1.29, 1.82) is 0 Å². The fraction of sp³-hybridized carbons (Fsp3) is 0.350. The van der Waals surface area contributed by atoms with Gasteiger partial charge in [-0.15, -0.1) is 0 Å². The van der Waals surface area contributed by atoms with Gasteiger partial charge in [0.2, 0.25) is 5.91 Å². The molecule has 2 aromatic rings. The molecule has 128 valence electrons. The summed E-state index contributed by atoms with van der Waals surface area (Å²) in [7, 11) is 0. The molecule has 1 atom stereocenters. The molecule has 2 fully saturated rings. The van der Waals surface area contributed by atoms with Crippen molar-refractivity contribution in [3.05, 3.63) is 59.9 Å². The van der Waals surface area contributed by atoms with E-state index in [9.17, 15) is 9.59 Å². The summed E-state index contributed by atoms with van der Waals surface area (Å²) >= 11 is 0. The summed E-state index contributed by atoms with van der Waals surface area (Å²) in [6.45, 7) is 3.84. The van der Waals surface area contributed by atoms with E-state index in [1.165, 1.54) is 0 Å². The fourth-order valence-electron chi connectivity index (χ4n) is 3.88. The summed E-state index contributed by atoms with van der Waals surface area (Å²) in [6, 6.07) is 11.4. The van der Waals surface area contributed by atoms with Crippen LogP contribution in [0.4, 0.5) is 5.69 Å². The summed E-state index contributed by atoms with van der Waals surface area (Å²) in [5.41, 5.74) is 2.23. The van der Waals surface area contributed by atoms with E-state index in [0.29, 0.717) is 25.2 Å². The van der Waals surface area contributed by atoms with Crippen LogP contribution in [0.25, 0.3) is 0 Å². The lowest BCUT2D eigenvalue weighted by atomic mass is 9.85. The molecule has 1 spiro atoms. The van der Waals surface area contributed by atoms with Gasteiger partial charge in [0.1, 0.15) is 0 Å². The van der Waals surface area contributed by atoms with Gasteiger partial charge in [-0.25, -0.2) is 0 Å². The Kier molecular flexibility index (Phi) is 3.79. The molecule has 1 aromatic carbocycles. The van der Waals surface area contributed by atoms with Crippen molar-refractivity contribution in [2.24, 2.45) is 5.41 Å². The monoisotopic (exact) mass is 335 g/mol. The number of nitrogens with zero attached hydrogens (tertiary/aromatic N) is 3. The highest BCUT2D eigenvalue weighted by molar-refractivity contribution is 6.01. The topological polar surface area (TPSA) is 53.5 Å². The van der Waals surface area contributed by atoms with Gasteiger partial charge >= 0.3 is 0 Å². The molecule has 0 radical (unpaired) electrons. The first-order valence-corrected chi connectivity index (χ1v) is 8.67. The highest BCUT2D eigenvalue weighted by Gasteiger charge is 2.52. The molecule has 1 aromatic heterocycles. The highest BCUT2D eigenvalue weighted by atomic mass is 16.2. The standard InChI is InChI=1S/C20H21N3O2/c1-15-4-6-16(7-5-15)18(24)22-11-8-20(14-22)9-12-23(19(20)25)17-3-2-10-21-13-17/h2-7,10,13H,8-9,11-12,14H2,1H3/t20-/m1/s1. The van der Waals surface area contributed by atoms with Crippen molar-refractivity contribution in [1.82, 2.24) is 9.88 Å². The number of hydrogen-bond donors (Lipinski definition) is 0. The van der Waals surface area contributed by atoms with Gasteiger partial charge in [0.25, 0.3) is 5.91 Å². The SMILES string of the molecule is Cc1ccc(C(=O)N2CC[C@@]3(CCN(c4cccnc4)C3=O)C2)cc1. The Bertz CT molecular complexity index is 803. The first kappa shape index (κ1) is 15.8. The van der Waals surface area contributed by atoms with Crippen molar-refractivity contribution < 1.29 is 9.59 Å². The van der Waals surface area contributed by atoms with Crippen LogP contribution in [0, 0.1) is 12.3 Å². The Labute approximate surface area is 147 Å². The van der Waals surface area contributed by atoms with Crippen LogP contribution in [0.2, 0.25) is 0 Å². The maximum absolute atomic E-state index is 13.0. The quantitative estimate of drug-likeness (QED) is 0.848. The summed E-state index contributed by atoms with van der Waals surface area (Å²) in [4.78, 5) is 33.5. The Morgan fingerprint density at radius 2 is 1.88 bits per heavy atom. The van der Waals surface area contributed by atoms with Crippen molar-refractivity contribution in [2.75, 3.05) is 24.5 Å². The van der Waals surface area contributed by atoms with Gasteiger partial charge in [-0.2, -0.15) is 0 Å². The van der Waals surface area contributed by atoms with E-state index in [4.69, 9.17) is 0 Å². The van der Waals surface area contributed by atoms with Crippen LogP contribution >= 0.6 is 0 Å². The molecule has 0 saturated carbocycles. The normalized spacial score (nSPS) is 22.8. The number of hydrogen-bond acceptors (Lipinski definition) is 3. The number of benzene rings is 1. The average Bonchev–Trinajstić information content (AvgIpc) is 3.21. The van der Waals surface area contributed by atoms with Gasteiger partial charge in [-0.05, 0) is 44.0 Å². The van der Waals surface area contributed by atoms with Gasteiger partial charge in [0, 0.05) is 31.4 Å². The number of anilines is 1. The second-order valence-electron chi connectivity index (χ2n) is 7.04. The van der Waals surface area contributed by atoms with E-state index < -0.39 is 5.41 Å². The third-order valence-corrected chi connectivity index (χ3v) is 5.41. The molecule has 25 heavy (non-hydrogen) atoms. The molecule has 2 aliphatic heterocycles. The largest absolute Gasteiger partial charge is 0.338 e. The zero-order chi connectivity index (χ0) is 17.4. The maximum atomic E-state index is 13.0. The molecular formula is C20H21N3O2. The van der Waals surface area contributed by atoms with E-state index in [2.05, 4.69) is 4.98 Å². The lowest BCUT2D eigenvalue weighted by Crippen LogP contribution is -2.38. The van der Waals surface area contributed by atoms with Gasteiger partial charge in [-0.3, -0.25) is 14.6 Å². The van der Waals surface area contributed by atoms with E-state index in [1.807, 2.05) is 53.1 Å². The molecule has 0 bridgehead atoms. The maximum Gasteiger partial charge on any atom is 0.253 e. The third kappa shape index (κ3) is 2.69. The number of aromatic nitrogens is 1. The van der Waals surface area contributed by atoms with Crippen LogP contribution in [-0.4, -0.2) is 41.3 Å². The van der Waals surface area contributed by atoms with Crippen LogP contribution in [0.15, 0.2) is 48.8 Å². The molecule has 0 aliphatic carbocycles. The minimum absolute atomic E-state index is 0.0181. The number of rotatable bonds is 2. The van der Waals surface area contributed by atoms with Crippen molar-refractivity contribution in [3.8, 4) is 0 Å². The molecule has 5 heteroatoms. The number of pyridine rings is 1. The summed E-state index contributed by atoms with van der Waals surface area (Å²) < 4.78 is 0. The summed E-state index contributed by atoms with van der Waals surface area (Å²) in [5.74, 6) is 0.143. The van der Waals surface area contributed by atoms with Crippen LogP contribution in [-0.2, 0) is 4.79 Å². The number of likely N-dealkylation sites (tertiary alicyclic amines) is 1. The van der Waals surface area contributed by atoms with Crippen LogP contribution in [0.5, 0.6) is 0 Å². The Balaban J connectivity index is 1.51. The van der Waals surface area contributed by atoms with Gasteiger partial charge < -0.3 is 9.80 Å². The number of amides is 2. The molecule has 2 saturated heterocycles. The van der Waals surface area contributed by atoms with Crippen LogP contribution in [0.3, 0.4) is 0 Å². The zero-order valence-corrected chi connectivity index (χ0v) is 14.3. The minimum Gasteiger partial charge on any atom is -0.338 e. The van der Waals surface area contributed by atoms with E-state index in [0.717, 1.165) is 24.1 Å². The molecule has 5 nitrogen and oxygen atoms in total. The average molecular weight is 335 g/mol. The van der Waals surface area contributed by atoms with Crippen molar-refractivity contribution in [2.45, 2.75) is 19.8 Å². The molecule has 0 unspecified atom stereocenters. The minimum atomic E-state index is -0.434.